The van der Waals surface area contributed by atoms with Crippen molar-refractivity contribution in [2.24, 2.45) is 10.9 Å². The summed E-state index contributed by atoms with van der Waals surface area (Å²) in [5.74, 6) is -3.92. The lowest BCUT2D eigenvalue weighted by Gasteiger charge is -2.49. The van der Waals surface area contributed by atoms with Crippen LogP contribution in [-0.4, -0.2) is 88.9 Å². The summed E-state index contributed by atoms with van der Waals surface area (Å²) in [7, 11) is 0. The standard InChI is InChI=1S/C25H26ClN9O7S2/c1-11(23(38)39)42-32-16(15-19(26)44-25(28)31-15)20(36)30-17-21(37)35-18(24(40)41)12(9-43-22(17)35)7-33-6-3-14-13(8-33)29-10-34(14)5-2-4-27/h3,6,8,10-11,17,22H,2,4-5,7,9,27H2,1H3,(H4-,28,30,31,36,38,39,40,41)/p+1/t11-,17?,22?/m0/s1. The van der Waals surface area contributed by atoms with Crippen molar-refractivity contribution >= 4 is 80.3 Å². The van der Waals surface area contributed by atoms with E-state index in [1.807, 2.05) is 23.0 Å². The van der Waals surface area contributed by atoms with Gasteiger partial charge in [-0.3, -0.25) is 14.5 Å². The summed E-state index contributed by atoms with van der Waals surface area (Å²) < 4.78 is 3.79. The molecule has 2 amide bonds. The van der Waals surface area contributed by atoms with E-state index in [0.29, 0.717) is 12.1 Å². The summed E-state index contributed by atoms with van der Waals surface area (Å²) in [4.78, 5) is 64.6. The van der Waals surface area contributed by atoms with Crippen LogP contribution in [-0.2, 0) is 37.1 Å². The molecule has 0 bridgehead atoms. The normalized spacial score (nSPS) is 19.0. The van der Waals surface area contributed by atoms with Crippen LogP contribution in [0.2, 0.25) is 4.34 Å². The van der Waals surface area contributed by atoms with Crippen molar-refractivity contribution in [1.29, 1.82) is 0 Å². The Morgan fingerprint density at radius 2 is 2.14 bits per heavy atom. The van der Waals surface area contributed by atoms with Crippen molar-refractivity contribution in [1.82, 2.24) is 24.8 Å². The number of fused-ring (bicyclic) bond motifs is 2. The maximum absolute atomic E-state index is 13.3. The van der Waals surface area contributed by atoms with E-state index in [4.69, 9.17) is 33.0 Å². The van der Waals surface area contributed by atoms with Crippen LogP contribution in [0.4, 0.5) is 5.13 Å². The fourth-order valence-electron chi connectivity index (χ4n) is 4.66. The van der Waals surface area contributed by atoms with Gasteiger partial charge in [0.05, 0.1) is 11.8 Å². The number of carboxylic acid groups (broad SMARTS) is 2. The highest BCUT2D eigenvalue weighted by Gasteiger charge is 2.55. The highest BCUT2D eigenvalue weighted by atomic mass is 35.5. The third-order valence-electron chi connectivity index (χ3n) is 6.82. The number of aryl methyl sites for hydroxylation is 1. The number of carbonyl (C=O) groups is 4. The summed E-state index contributed by atoms with van der Waals surface area (Å²) in [5, 5.41) is 24.7. The molecule has 0 aliphatic carbocycles. The maximum Gasteiger partial charge on any atom is 0.352 e. The van der Waals surface area contributed by atoms with Crippen LogP contribution < -0.4 is 21.4 Å². The van der Waals surface area contributed by atoms with Crippen molar-refractivity contribution in [3.63, 3.8) is 0 Å². The Kier molecular flexibility index (Phi) is 9.05. The number of thiazole rings is 1. The summed E-state index contributed by atoms with van der Waals surface area (Å²) >= 11 is 8.30. The number of carboxylic acids is 2. The molecule has 19 heteroatoms. The van der Waals surface area contributed by atoms with Gasteiger partial charge in [-0.2, -0.15) is 4.57 Å². The topological polar surface area (TPSA) is 232 Å². The van der Waals surface area contributed by atoms with Crippen molar-refractivity contribution in [3.8, 4) is 0 Å². The number of aliphatic carboxylic acids is 2. The molecule has 5 rings (SSSR count). The number of rotatable bonds is 12. The number of halogens is 1. The van der Waals surface area contributed by atoms with Gasteiger partial charge in [-0.15, -0.1) is 11.8 Å². The molecular formula is C25H27ClN9O7S2+. The van der Waals surface area contributed by atoms with E-state index in [9.17, 15) is 24.3 Å². The van der Waals surface area contributed by atoms with E-state index in [1.54, 1.807) is 10.9 Å². The minimum Gasteiger partial charge on any atom is -0.478 e. The SMILES string of the molecule is C[C@H](ON=C(C(=O)NC1C(=O)N2C(C(=O)O)=C(C[n+]3ccc4c(c3)ncn4CCCN)CSC12)c1nc(N)sc1Cl)C(=O)O. The fourth-order valence-corrected chi connectivity index (χ4v) is 6.92. The van der Waals surface area contributed by atoms with Crippen LogP contribution >= 0.6 is 34.7 Å². The second-order valence-electron chi connectivity index (χ2n) is 9.79. The first kappa shape index (κ1) is 31.2. The zero-order valence-electron chi connectivity index (χ0n) is 23.0. The molecular weight excluding hydrogens is 638 g/mol. The van der Waals surface area contributed by atoms with E-state index in [1.165, 1.54) is 18.7 Å². The number of amides is 2. The number of carbonyl (C=O) groups excluding carboxylic acids is 2. The van der Waals surface area contributed by atoms with Crippen molar-refractivity contribution in [3.05, 3.63) is 46.1 Å². The molecule has 3 atom stereocenters. The van der Waals surface area contributed by atoms with E-state index in [0.717, 1.165) is 40.2 Å². The summed E-state index contributed by atoms with van der Waals surface area (Å²) in [6, 6.07) is 0.781. The number of imidazole rings is 1. The van der Waals surface area contributed by atoms with Crippen LogP contribution in [0.15, 0.2) is 41.2 Å². The van der Waals surface area contributed by atoms with Gasteiger partial charge < -0.3 is 36.4 Å². The van der Waals surface area contributed by atoms with Crippen LogP contribution in [0.1, 0.15) is 19.0 Å². The monoisotopic (exact) mass is 664 g/mol. The smallest absolute Gasteiger partial charge is 0.352 e. The Morgan fingerprint density at radius 1 is 1.36 bits per heavy atom. The third-order valence-corrected chi connectivity index (χ3v) is 9.25. The molecule has 3 aromatic rings. The van der Waals surface area contributed by atoms with Crippen LogP contribution in [0.3, 0.4) is 0 Å². The number of aromatic nitrogens is 4. The molecule has 0 spiro atoms. The minimum absolute atomic E-state index is 0.00432. The lowest BCUT2D eigenvalue weighted by molar-refractivity contribution is -0.687. The number of hydrogen-bond acceptors (Lipinski definition) is 12. The zero-order chi connectivity index (χ0) is 31.7. The highest BCUT2D eigenvalue weighted by molar-refractivity contribution is 8.00. The van der Waals surface area contributed by atoms with Gasteiger partial charge in [0.2, 0.25) is 6.10 Å². The second kappa shape index (κ2) is 12.8. The summed E-state index contributed by atoms with van der Waals surface area (Å²) in [6.07, 6.45) is 4.75. The van der Waals surface area contributed by atoms with Gasteiger partial charge in [-0.1, -0.05) is 28.1 Å². The predicted octanol–water partition coefficient (Wildman–Crippen LogP) is -0.00270. The number of nitrogens with one attached hydrogen (secondary N) is 1. The molecule has 1 saturated heterocycles. The molecule has 7 N–H and O–H groups in total. The Labute approximate surface area is 262 Å². The molecule has 1 fully saturated rings. The van der Waals surface area contributed by atoms with Gasteiger partial charge in [-0.05, 0) is 19.9 Å². The average molecular weight is 665 g/mol. The van der Waals surface area contributed by atoms with Crippen molar-refractivity contribution in [2.45, 2.75) is 44.0 Å². The van der Waals surface area contributed by atoms with Crippen LogP contribution in [0.25, 0.3) is 11.0 Å². The second-order valence-corrected chi connectivity index (χ2v) is 12.5. The van der Waals surface area contributed by atoms with E-state index < -0.39 is 47.0 Å². The average Bonchev–Trinajstić information content (AvgIpc) is 3.55. The summed E-state index contributed by atoms with van der Waals surface area (Å²) in [6.45, 7) is 2.69. The molecule has 16 nitrogen and oxygen atoms in total. The number of nitrogens with zero attached hydrogens (tertiary/aromatic N) is 6. The van der Waals surface area contributed by atoms with E-state index >= 15 is 0 Å². The molecule has 2 aliphatic rings. The Balaban J connectivity index is 1.35. The number of β-lactam (4-membered cyclic amide) rings is 1. The molecule has 0 aromatic carbocycles. The molecule has 5 heterocycles. The predicted molar refractivity (Wildman–Crippen MR) is 160 cm³/mol. The van der Waals surface area contributed by atoms with Gasteiger partial charge in [0, 0.05) is 23.9 Å². The number of oxime groups is 1. The molecule has 232 valence electrons. The van der Waals surface area contributed by atoms with Crippen molar-refractivity contribution < 1.29 is 38.8 Å². The van der Waals surface area contributed by atoms with Gasteiger partial charge in [-0.25, -0.2) is 19.6 Å². The Morgan fingerprint density at radius 3 is 2.80 bits per heavy atom. The Bertz CT molecular complexity index is 1720. The van der Waals surface area contributed by atoms with Crippen LogP contribution in [0, 0.1) is 0 Å². The van der Waals surface area contributed by atoms with Crippen LogP contribution in [0.5, 0.6) is 0 Å². The lowest BCUT2D eigenvalue weighted by atomic mass is 10.0. The molecule has 0 radical (unpaired) electrons. The highest BCUT2D eigenvalue weighted by Crippen LogP contribution is 2.40. The summed E-state index contributed by atoms with van der Waals surface area (Å²) in [5.41, 5.74) is 12.7. The first-order valence-corrected chi connectivity index (χ1v) is 15.4. The number of anilines is 1. The van der Waals surface area contributed by atoms with Crippen molar-refractivity contribution in [2.75, 3.05) is 18.0 Å². The first-order valence-electron chi connectivity index (χ1n) is 13.1. The molecule has 3 aromatic heterocycles. The van der Waals surface area contributed by atoms with Gasteiger partial charge >= 0.3 is 11.9 Å². The van der Waals surface area contributed by atoms with E-state index in [-0.39, 0.29) is 33.2 Å². The van der Waals surface area contributed by atoms with Gasteiger partial charge in [0.25, 0.3) is 11.8 Å². The minimum atomic E-state index is -1.41. The van der Waals surface area contributed by atoms with E-state index in [2.05, 4.69) is 20.4 Å². The number of thioether (sulfide) groups is 1. The number of hydrogen-bond donors (Lipinski definition) is 5. The molecule has 44 heavy (non-hydrogen) atoms. The number of nitrogen functional groups attached to an aromatic ring is 1. The zero-order valence-corrected chi connectivity index (χ0v) is 25.4. The Hall–Kier alpha value is -4.26. The first-order chi connectivity index (χ1) is 21.0. The number of nitrogens with two attached hydrogens (primary N) is 2. The molecule has 0 saturated carbocycles. The lowest BCUT2D eigenvalue weighted by Crippen LogP contribution is -2.71. The van der Waals surface area contributed by atoms with Gasteiger partial charge in [0.15, 0.2) is 35.3 Å². The maximum atomic E-state index is 13.3. The third kappa shape index (κ3) is 6.05. The largest absolute Gasteiger partial charge is 0.478 e. The molecule has 2 aliphatic heterocycles. The van der Waals surface area contributed by atoms with Gasteiger partial charge in [0.1, 0.15) is 27.1 Å². The number of pyridine rings is 1. The quantitative estimate of drug-likeness (QED) is 0.0745. The molecule has 2 unspecified atom stereocenters. The fraction of sp³-hybridized carbons (Fsp3) is 0.360.